The molecule has 0 aliphatic carbocycles. The van der Waals surface area contributed by atoms with Gasteiger partial charge in [0, 0.05) is 0 Å². The first-order valence-electron chi connectivity index (χ1n) is 6.79. The molecule has 1 fully saturated rings. The van der Waals surface area contributed by atoms with Crippen molar-refractivity contribution in [3.8, 4) is 0 Å². The lowest BCUT2D eigenvalue weighted by Gasteiger charge is -2.32. The number of nitrogens with one attached hydrogen (secondary N) is 1. The molecule has 1 unspecified atom stereocenters. The largest absolute Gasteiger partial charge is 0.378 e. The zero-order valence-corrected chi connectivity index (χ0v) is 11.2. The number of hydrogen-bond donors (Lipinski definition) is 1. The van der Waals surface area contributed by atoms with E-state index in [9.17, 15) is 0 Å². The Labute approximate surface area is 114 Å². The van der Waals surface area contributed by atoms with Gasteiger partial charge >= 0.3 is 0 Å². The van der Waals surface area contributed by atoms with Crippen molar-refractivity contribution in [3.05, 3.63) is 71.3 Å². The van der Waals surface area contributed by atoms with Crippen molar-refractivity contribution >= 4 is 0 Å². The van der Waals surface area contributed by atoms with Crippen molar-refractivity contribution in [1.82, 2.24) is 5.32 Å². The van der Waals surface area contributed by atoms with E-state index in [0.29, 0.717) is 6.04 Å². The van der Waals surface area contributed by atoms with E-state index in [-0.39, 0.29) is 6.04 Å². The van der Waals surface area contributed by atoms with E-state index in [4.69, 9.17) is 4.74 Å². The van der Waals surface area contributed by atoms with Gasteiger partial charge in [-0.05, 0) is 23.6 Å². The topological polar surface area (TPSA) is 21.3 Å². The number of rotatable bonds is 4. The Morgan fingerprint density at radius 2 is 1.68 bits per heavy atom. The molecule has 0 saturated carbocycles. The molecule has 2 aromatic carbocycles. The Hall–Kier alpha value is -1.64. The molecule has 0 radical (unpaired) electrons. The maximum atomic E-state index is 5.28. The van der Waals surface area contributed by atoms with Gasteiger partial charge in [-0.2, -0.15) is 0 Å². The summed E-state index contributed by atoms with van der Waals surface area (Å²) in [5.74, 6) is 0. The quantitative estimate of drug-likeness (QED) is 0.904. The molecule has 3 rings (SSSR count). The molecule has 1 saturated heterocycles. The van der Waals surface area contributed by atoms with Crippen molar-refractivity contribution in [2.24, 2.45) is 0 Å². The third-order valence-corrected chi connectivity index (χ3v) is 3.67. The molecule has 98 valence electrons. The van der Waals surface area contributed by atoms with Gasteiger partial charge in [0.2, 0.25) is 0 Å². The Morgan fingerprint density at radius 3 is 2.32 bits per heavy atom. The van der Waals surface area contributed by atoms with Gasteiger partial charge in [0.1, 0.15) is 0 Å². The lowest BCUT2D eigenvalue weighted by atomic mass is 9.94. The first-order chi connectivity index (χ1) is 9.34. The molecule has 1 atom stereocenters. The molecular formula is C17H19NO. The van der Waals surface area contributed by atoms with Crippen LogP contribution in [0.15, 0.2) is 54.6 Å². The van der Waals surface area contributed by atoms with Crippen molar-refractivity contribution in [2.75, 3.05) is 13.2 Å². The van der Waals surface area contributed by atoms with Crippen LogP contribution < -0.4 is 5.32 Å². The Kier molecular flexibility index (Phi) is 3.62. The third-order valence-electron chi connectivity index (χ3n) is 3.67. The summed E-state index contributed by atoms with van der Waals surface area (Å²) >= 11 is 0. The lowest BCUT2D eigenvalue weighted by molar-refractivity contribution is -0.00828. The molecule has 0 bridgehead atoms. The molecule has 0 amide bonds. The molecule has 2 heteroatoms. The van der Waals surface area contributed by atoms with Crippen LogP contribution in [0.3, 0.4) is 0 Å². The minimum atomic E-state index is 0.247. The number of aryl methyl sites for hydroxylation is 1. The van der Waals surface area contributed by atoms with Crippen LogP contribution in [0.5, 0.6) is 0 Å². The van der Waals surface area contributed by atoms with E-state index in [2.05, 4.69) is 66.8 Å². The van der Waals surface area contributed by atoms with Crippen molar-refractivity contribution < 1.29 is 4.74 Å². The molecule has 2 nitrogen and oxygen atoms in total. The first kappa shape index (κ1) is 12.4. The SMILES string of the molecule is Cc1ccccc1C(NC1COC1)c1ccccc1. The van der Waals surface area contributed by atoms with E-state index in [1.54, 1.807) is 0 Å². The standard InChI is InChI=1S/C17H19NO/c1-13-7-5-6-10-16(13)17(18-15-11-19-12-15)14-8-3-2-4-9-14/h2-10,15,17-18H,11-12H2,1H3. The van der Waals surface area contributed by atoms with Crippen molar-refractivity contribution in [3.63, 3.8) is 0 Å². The second-order valence-electron chi connectivity index (χ2n) is 5.10. The summed E-state index contributed by atoms with van der Waals surface area (Å²) in [7, 11) is 0. The van der Waals surface area contributed by atoms with Crippen molar-refractivity contribution in [2.45, 2.75) is 19.0 Å². The lowest BCUT2D eigenvalue weighted by Crippen LogP contribution is -2.47. The normalized spacial score (nSPS) is 16.9. The molecule has 1 N–H and O–H groups in total. The maximum Gasteiger partial charge on any atom is 0.0643 e. The van der Waals surface area contributed by atoms with Crippen LogP contribution in [0, 0.1) is 6.92 Å². The highest BCUT2D eigenvalue weighted by Crippen LogP contribution is 2.26. The molecule has 2 aromatic rings. The smallest absolute Gasteiger partial charge is 0.0643 e. The highest BCUT2D eigenvalue weighted by atomic mass is 16.5. The highest BCUT2D eigenvalue weighted by Gasteiger charge is 2.24. The summed E-state index contributed by atoms with van der Waals surface area (Å²) in [6.07, 6.45) is 0. The third kappa shape index (κ3) is 2.70. The van der Waals surface area contributed by atoms with Crippen LogP contribution in [0.4, 0.5) is 0 Å². The van der Waals surface area contributed by atoms with Crippen LogP contribution >= 0.6 is 0 Å². The molecular weight excluding hydrogens is 234 g/mol. The number of ether oxygens (including phenoxy) is 1. The van der Waals surface area contributed by atoms with E-state index in [1.165, 1.54) is 16.7 Å². The minimum Gasteiger partial charge on any atom is -0.378 e. The molecule has 0 aromatic heterocycles. The fourth-order valence-corrected chi connectivity index (χ4v) is 2.49. The van der Waals surface area contributed by atoms with Crippen molar-refractivity contribution in [1.29, 1.82) is 0 Å². The predicted molar refractivity (Wildman–Crippen MR) is 77.2 cm³/mol. The molecule has 19 heavy (non-hydrogen) atoms. The van der Waals surface area contributed by atoms with Gasteiger partial charge in [-0.15, -0.1) is 0 Å². The number of hydrogen-bond acceptors (Lipinski definition) is 2. The van der Waals surface area contributed by atoms with Crippen LogP contribution in [0.1, 0.15) is 22.7 Å². The second-order valence-corrected chi connectivity index (χ2v) is 5.10. The maximum absolute atomic E-state index is 5.28. The van der Waals surface area contributed by atoms with Gasteiger partial charge in [-0.1, -0.05) is 54.6 Å². The summed E-state index contributed by atoms with van der Waals surface area (Å²) in [4.78, 5) is 0. The summed E-state index contributed by atoms with van der Waals surface area (Å²) < 4.78 is 5.28. The van der Waals surface area contributed by atoms with Gasteiger partial charge in [0.25, 0.3) is 0 Å². The second kappa shape index (κ2) is 5.55. The summed E-state index contributed by atoms with van der Waals surface area (Å²) in [6, 6.07) is 19.9. The average molecular weight is 253 g/mol. The molecule has 1 aliphatic heterocycles. The monoisotopic (exact) mass is 253 g/mol. The Morgan fingerprint density at radius 1 is 1.00 bits per heavy atom. The summed E-state index contributed by atoms with van der Waals surface area (Å²) in [5, 5.41) is 3.70. The van der Waals surface area contributed by atoms with Gasteiger partial charge in [0.05, 0.1) is 25.3 Å². The first-order valence-corrected chi connectivity index (χ1v) is 6.79. The Bertz CT molecular complexity index is 534. The summed E-state index contributed by atoms with van der Waals surface area (Å²) in [5.41, 5.74) is 3.98. The highest BCUT2D eigenvalue weighted by molar-refractivity contribution is 5.36. The molecule has 1 aliphatic rings. The van der Waals surface area contributed by atoms with E-state index in [0.717, 1.165) is 13.2 Å². The fraction of sp³-hybridized carbons (Fsp3) is 0.294. The van der Waals surface area contributed by atoms with Gasteiger partial charge < -0.3 is 4.74 Å². The summed E-state index contributed by atoms with van der Waals surface area (Å²) in [6.45, 7) is 3.80. The van der Waals surface area contributed by atoms with E-state index < -0.39 is 0 Å². The van der Waals surface area contributed by atoms with E-state index in [1.807, 2.05) is 0 Å². The van der Waals surface area contributed by atoms with Gasteiger partial charge in [-0.3, -0.25) is 5.32 Å². The molecule has 1 heterocycles. The van der Waals surface area contributed by atoms with Crippen LogP contribution in [-0.4, -0.2) is 19.3 Å². The zero-order chi connectivity index (χ0) is 13.1. The van der Waals surface area contributed by atoms with E-state index >= 15 is 0 Å². The minimum absolute atomic E-state index is 0.247. The molecule has 0 spiro atoms. The number of benzene rings is 2. The fourth-order valence-electron chi connectivity index (χ4n) is 2.49. The average Bonchev–Trinajstić information content (AvgIpc) is 2.40. The van der Waals surface area contributed by atoms with Gasteiger partial charge in [-0.25, -0.2) is 0 Å². The van der Waals surface area contributed by atoms with Crippen LogP contribution in [0.2, 0.25) is 0 Å². The van der Waals surface area contributed by atoms with Crippen LogP contribution in [0.25, 0.3) is 0 Å². The predicted octanol–water partition coefficient (Wildman–Crippen LogP) is 3.07. The van der Waals surface area contributed by atoms with Gasteiger partial charge in [0.15, 0.2) is 0 Å². The van der Waals surface area contributed by atoms with Crippen LogP contribution in [-0.2, 0) is 4.74 Å². The zero-order valence-electron chi connectivity index (χ0n) is 11.2. The Balaban J connectivity index is 1.94.